The summed E-state index contributed by atoms with van der Waals surface area (Å²) in [6.45, 7) is 3.62. The molecule has 2 amide bonds. The molecular weight excluding hydrogens is 316 g/mol. The van der Waals surface area contributed by atoms with Crippen LogP contribution in [0.2, 0.25) is 0 Å². The molecule has 1 saturated heterocycles. The van der Waals surface area contributed by atoms with Crippen LogP contribution >= 0.6 is 11.3 Å². The smallest absolute Gasteiger partial charge is 0.317 e. The van der Waals surface area contributed by atoms with Gasteiger partial charge in [0.15, 0.2) is 0 Å². The van der Waals surface area contributed by atoms with Gasteiger partial charge < -0.3 is 20.1 Å². The summed E-state index contributed by atoms with van der Waals surface area (Å²) in [6, 6.07) is 1.82. The molecule has 0 aliphatic carbocycles. The minimum Gasteiger partial charge on any atom is -0.481 e. The van der Waals surface area contributed by atoms with Gasteiger partial charge in [-0.1, -0.05) is 0 Å². The van der Waals surface area contributed by atoms with Crippen molar-refractivity contribution >= 4 is 23.3 Å². The van der Waals surface area contributed by atoms with Crippen molar-refractivity contribution in [1.82, 2.24) is 10.2 Å². The Kier molecular flexibility index (Phi) is 4.87. The summed E-state index contributed by atoms with van der Waals surface area (Å²) in [5.41, 5.74) is 1.18. The maximum absolute atomic E-state index is 12.4. The van der Waals surface area contributed by atoms with Gasteiger partial charge in [0.2, 0.25) is 0 Å². The first-order valence-electron chi connectivity index (χ1n) is 8.02. The Bertz CT molecular complexity index is 580. The number of aliphatic carboxylic acids is 1. The van der Waals surface area contributed by atoms with Crippen LogP contribution in [0.25, 0.3) is 0 Å². The summed E-state index contributed by atoms with van der Waals surface area (Å²) in [7, 11) is 0. The van der Waals surface area contributed by atoms with E-state index in [1.807, 2.05) is 6.92 Å². The largest absolute Gasteiger partial charge is 0.481 e. The number of hydrogen-bond donors (Lipinski definition) is 2. The van der Waals surface area contributed by atoms with Gasteiger partial charge in [0.1, 0.15) is 6.10 Å². The van der Waals surface area contributed by atoms with Gasteiger partial charge in [0, 0.05) is 24.4 Å². The van der Waals surface area contributed by atoms with Crippen molar-refractivity contribution in [2.75, 3.05) is 19.7 Å². The van der Waals surface area contributed by atoms with Crippen LogP contribution in [-0.2, 0) is 16.0 Å². The molecule has 0 aromatic carbocycles. The molecule has 2 aliphatic heterocycles. The number of hydrogen-bond acceptors (Lipinski definition) is 4. The van der Waals surface area contributed by atoms with Crippen LogP contribution in [0.5, 0.6) is 0 Å². The van der Waals surface area contributed by atoms with Crippen molar-refractivity contribution in [3.63, 3.8) is 0 Å². The Morgan fingerprint density at radius 1 is 1.43 bits per heavy atom. The zero-order valence-corrected chi connectivity index (χ0v) is 14.0. The van der Waals surface area contributed by atoms with Crippen LogP contribution in [0.4, 0.5) is 4.79 Å². The van der Waals surface area contributed by atoms with Crippen molar-refractivity contribution in [2.45, 2.75) is 38.3 Å². The number of carboxylic acids is 1. The van der Waals surface area contributed by atoms with E-state index in [2.05, 4.69) is 16.8 Å². The molecule has 1 fully saturated rings. The van der Waals surface area contributed by atoms with E-state index < -0.39 is 5.97 Å². The van der Waals surface area contributed by atoms with Crippen LogP contribution < -0.4 is 5.32 Å². The summed E-state index contributed by atoms with van der Waals surface area (Å²) in [6.07, 6.45) is 1.87. The topological polar surface area (TPSA) is 78.9 Å². The summed E-state index contributed by atoms with van der Waals surface area (Å²) in [5, 5.41) is 14.1. The number of nitrogens with one attached hydrogen (secondary N) is 1. The highest BCUT2D eigenvalue weighted by Gasteiger charge is 2.31. The number of fused-ring (bicyclic) bond motifs is 1. The van der Waals surface area contributed by atoms with Crippen molar-refractivity contribution in [3.8, 4) is 0 Å². The van der Waals surface area contributed by atoms with E-state index in [-0.39, 0.29) is 24.1 Å². The van der Waals surface area contributed by atoms with Crippen molar-refractivity contribution in [2.24, 2.45) is 5.92 Å². The second-order valence-corrected chi connectivity index (χ2v) is 7.18. The molecule has 7 heteroatoms. The maximum Gasteiger partial charge on any atom is 0.317 e. The lowest BCUT2D eigenvalue weighted by atomic mass is 9.97. The van der Waals surface area contributed by atoms with E-state index in [1.54, 1.807) is 16.2 Å². The number of carbonyl (C=O) groups excluding carboxylic acids is 1. The Morgan fingerprint density at radius 3 is 2.87 bits per heavy atom. The van der Waals surface area contributed by atoms with Crippen LogP contribution in [0, 0.1) is 5.92 Å². The van der Waals surface area contributed by atoms with E-state index in [0.717, 1.165) is 6.42 Å². The molecule has 3 heterocycles. The van der Waals surface area contributed by atoms with Crippen molar-refractivity contribution < 1.29 is 19.4 Å². The molecule has 23 heavy (non-hydrogen) atoms. The second kappa shape index (κ2) is 6.88. The number of thiophene rings is 1. The molecule has 2 aliphatic rings. The van der Waals surface area contributed by atoms with Gasteiger partial charge in [-0.05, 0) is 36.8 Å². The summed E-state index contributed by atoms with van der Waals surface area (Å²) >= 11 is 1.74. The normalized spacial score (nSPS) is 23.2. The summed E-state index contributed by atoms with van der Waals surface area (Å²) in [5.74, 6) is -1.09. The van der Waals surface area contributed by atoms with E-state index >= 15 is 0 Å². The maximum atomic E-state index is 12.4. The molecular formula is C16H22N2O4S. The molecule has 0 radical (unpaired) electrons. The average molecular weight is 338 g/mol. The first-order chi connectivity index (χ1) is 11.1. The number of piperidine rings is 1. The third kappa shape index (κ3) is 3.50. The molecule has 6 nitrogen and oxygen atoms in total. The molecule has 3 rings (SSSR count). The predicted octanol–water partition coefficient (Wildman–Crippen LogP) is 2.26. The standard InChI is InChI=1S/C16H22N2O4S/c1-10(14-12-5-9-23-13(12)4-8-22-14)17-16(21)18-6-2-11(3-7-18)15(19)20/h5,9-11,14H,2-4,6-8H2,1H3,(H,17,21)(H,19,20). The van der Waals surface area contributed by atoms with Crippen molar-refractivity contribution in [3.05, 3.63) is 21.9 Å². The fraction of sp³-hybridized carbons (Fsp3) is 0.625. The number of carboxylic acid groups (broad SMARTS) is 1. The SMILES string of the molecule is CC(NC(=O)N1CCC(C(=O)O)CC1)C1OCCc2sccc21. The lowest BCUT2D eigenvalue weighted by Crippen LogP contribution is -2.49. The zero-order valence-electron chi connectivity index (χ0n) is 13.2. The highest BCUT2D eigenvalue weighted by Crippen LogP contribution is 2.33. The Morgan fingerprint density at radius 2 is 2.17 bits per heavy atom. The van der Waals surface area contributed by atoms with Crippen molar-refractivity contribution in [1.29, 1.82) is 0 Å². The first-order valence-corrected chi connectivity index (χ1v) is 8.90. The number of nitrogens with zero attached hydrogens (tertiary/aromatic N) is 1. The van der Waals surface area contributed by atoms with Crippen LogP contribution in [0.15, 0.2) is 11.4 Å². The monoisotopic (exact) mass is 338 g/mol. The number of ether oxygens (including phenoxy) is 1. The summed E-state index contributed by atoms with van der Waals surface area (Å²) in [4.78, 5) is 26.4. The number of amides is 2. The van der Waals surface area contributed by atoms with Gasteiger partial charge >= 0.3 is 12.0 Å². The van der Waals surface area contributed by atoms with Gasteiger partial charge in [-0.3, -0.25) is 4.79 Å². The Hall–Kier alpha value is -1.60. The zero-order chi connectivity index (χ0) is 16.4. The molecule has 2 N–H and O–H groups in total. The molecule has 0 bridgehead atoms. The van der Waals surface area contributed by atoms with Gasteiger partial charge in [0.05, 0.1) is 18.6 Å². The minimum absolute atomic E-state index is 0.106. The fourth-order valence-electron chi connectivity index (χ4n) is 3.28. The van der Waals surface area contributed by atoms with E-state index in [4.69, 9.17) is 9.84 Å². The highest BCUT2D eigenvalue weighted by atomic mass is 32.1. The minimum atomic E-state index is -0.765. The quantitative estimate of drug-likeness (QED) is 0.886. The van der Waals surface area contributed by atoms with Gasteiger partial charge in [0.25, 0.3) is 0 Å². The molecule has 2 unspecified atom stereocenters. The first kappa shape index (κ1) is 16.3. The number of carbonyl (C=O) groups is 2. The molecule has 0 spiro atoms. The van der Waals surface area contributed by atoms with Crippen LogP contribution in [0.3, 0.4) is 0 Å². The van der Waals surface area contributed by atoms with E-state index in [9.17, 15) is 9.59 Å². The number of likely N-dealkylation sites (tertiary alicyclic amines) is 1. The van der Waals surface area contributed by atoms with Gasteiger partial charge in [-0.25, -0.2) is 4.79 Å². The molecule has 126 valence electrons. The molecule has 2 atom stereocenters. The lowest BCUT2D eigenvalue weighted by Gasteiger charge is -2.34. The van der Waals surface area contributed by atoms with Gasteiger partial charge in [-0.2, -0.15) is 0 Å². The lowest BCUT2D eigenvalue weighted by molar-refractivity contribution is -0.143. The number of rotatable bonds is 3. The third-order valence-electron chi connectivity index (χ3n) is 4.65. The van der Waals surface area contributed by atoms with Crippen LogP contribution in [-0.4, -0.2) is 47.7 Å². The Balaban J connectivity index is 1.56. The molecule has 0 saturated carbocycles. The van der Waals surface area contributed by atoms with Crippen LogP contribution in [0.1, 0.15) is 36.3 Å². The molecule has 1 aromatic heterocycles. The highest BCUT2D eigenvalue weighted by molar-refractivity contribution is 7.10. The number of urea groups is 1. The summed E-state index contributed by atoms with van der Waals surface area (Å²) < 4.78 is 5.86. The predicted molar refractivity (Wildman–Crippen MR) is 86.6 cm³/mol. The molecule has 1 aromatic rings. The van der Waals surface area contributed by atoms with Gasteiger partial charge in [-0.15, -0.1) is 11.3 Å². The Labute approximate surface area is 139 Å². The fourth-order valence-corrected chi connectivity index (χ4v) is 4.18. The van der Waals surface area contributed by atoms with E-state index in [1.165, 1.54) is 10.4 Å². The second-order valence-electron chi connectivity index (χ2n) is 6.18. The average Bonchev–Trinajstić information content (AvgIpc) is 3.03. The third-order valence-corrected chi connectivity index (χ3v) is 5.65. The van der Waals surface area contributed by atoms with E-state index in [0.29, 0.717) is 32.5 Å².